The van der Waals surface area contributed by atoms with Crippen LogP contribution in [-0.2, 0) is 6.42 Å². The molecule has 2 aromatic rings. The van der Waals surface area contributed by atoms with Crippen molar-refractivity contribution in [2.75, 3.05) is 6.61 Å². The molecule has 20 heavy (non-hydrogen) atoms. The fourth-order valence-corrected chi connectivity index (χ4v) is 2.17. The van der Waals surface area contributed by atoms with Gasteiger partial charge in [-0.15, -0.1) is 0 Å². The number of hydrogen-bond donors (Lipinski definition) is 1. The van der Waals surface area contributed by atoms with Gasteiger partial charge in [0.1, 0.15) is 5.75 Å². The minimum Gasteiger partial charge on any atom is -0.492 e. The molecule has 1 aromatic carbocycles. The first kappa shape index (κ1) is 14.8. The average molecular weight is 291 g/mol. The highest BCUT2D eigenvalue weighted by molar-refractivity contribution is 6.31. The monoisotopic (exact) mass is 290 g/mol. The summed E-state index contributed by atoms with van der Waals surface area (Å²) >= 11 is 6.16. The van der Waals surface area contributed by atoms with Gasteiger partial charge >= 0.3 is 0 Å². The van der Waals surface area contributed by atoms with Gasteiger partial charge in [-0.05, 0) is 36.1 Å². The fourth-order valence-electron chi connectivity index (χ4n) is 1.96. The molecule has 2 rings (SSSR count). The van der Waals surface area contributed by atoms with E-state index in [1.807, 2.05) is 30.3 Å². The minimum absolute atomic E-state index is 0.146. The molecule has 1 aromatic heterocycles. The molecule has 0 fully saturated rings. The van der Waals surface area contributed by atoms with E-state index in [1.54, 1.807) is 12.4 Å². The van der Waals surface area contributed by atoms with Crippen LogP contribution in [0.25, 0.3) is 0 Å². The zero-order valence-corrected chi connectivity index (χ0v) is 12.3. The Hall–Kier alpha value is -1.58. The third kappa shape index (κ3) is 3.95. The highest BCUT2D eigenvalue weighted by atomic mass is 35.5. The lowest BCUT2D eigenvalue weighted by Crippen LogP contribution is -2.14. The Bertz CT molecular complexity index is 560. The molecule has 0 aliphatic rings. The van der Waals surface area contributed by atoms with Crippen molar-refractivity contribution in [3.8, 4) is 5.75 Å². The Labute approximate surface area is 124 Å². The maximum atomic E-state index is 6.24. The van der Waals surface area contributed by atoms with Gasteiger partial charge in [0, 0.05) is 17.3 Å². The van der Waals surface area contributed by atoms with Crippen molar-refractivity contribution in [1.82, 2.24) is 4.98 Å². The first-order valence-corrected chi connectivity index (χ1v) is 7.15. The van der Waals surface area contributed by atoms with Crippen LogP contribution < -0.4 is 10.5 Å². The summed E-state index contributed by atoms with van der Waals surface area (Å²) in [6.07, 6.45) is 5.14. The summed E-state index contributed by atoms with van der Waals surface area (Å²) in [5.41, 5.74) is 8.24. The molecule has 0 aliphatic heterocycles. The van der Waals surface area contributed by atoms with Gasteiger partial charge in [0.2, 0.25) is 0 Å². The quantitative estimate of drug-likeness (QED) is 0.881. The van der Waals surface area contributed by atoms with E-state index in [2.05, 4.69) is 11.9 Å². The highest BCUT2D eigenvalue weighted by Crippen LogP contribution is 2.23. The molecule has 0 radical (unpaired) electrons. The standard InChI is InChI=1S/C16H19ClN2O/c1-2-7-20-14-8-13(10-19-11-14)16(18)9-12-5-3-4-6-15(12)17/h3-6,8,10-11,16H,2,7,9,18H2,1H3. The number of ether oxygens (including phenoxy) is 1. The number of benzene rings is 1. The molecule has 1 heterocycles. The predicted molar refractivity (Wildman–Crippen MR) is 82.1 cm³/mol. The summed E-state index contributed by atoms with van der Waals surface area (Å²) in [4.78, 5) is 4.18. The van der Waals surface area contributed by atoms with Crippen LogP contribution in [0.15, 0.2) is 42.7 Å². The lowest BCUT2D eigenvalue weighted by atomic mass is 10.0. The van der Waals surface area contributed by atoms with Crippen molar-refractivity contribution in [2.45, 2.75) is 25.8 Å². The topological polar surface area (TPSA) is 48.1 Å². The van der Waals surface area contributed by atoms with Crippen molar-refractivity contribution in [3.05, 3.63) is 58.9 Å². The number of aromatic nitrogens is 1. The molecule has 106 valence electrons. The summed E-state index contributed by atoms with van der Waals surface area (Å²) in [5, 5.41) is 0.745. The Morgan fingerprint density at radius 1 is 1.30 bits per heavy atom. The van der Waals surface area contributed by atoms with E-state index in [0.29, 0.717) is 13.0 Å². The van der Waals surface area contributed by atoms with Gasteiger partial charge in [-0.25, -0.2) is 0 Å². The Kier molecular flexibility index (Phi) is 5.39. The maximum Gasteiger partial charge on any atom is 0.137 e. The second kappa shape index (κ2) is 7.27. The summed E-state index contributed by atoms with van der Waals surface area (Å²) in [5.74, 6) is 0.763. The normalized spacial score (nSPS) is 12.2. The zero-order chi connectivity index (χ0) is 14.4. The van der Waals surface area contributed by atoms with E-state index in [4.69, 9.17) is 22.1 Å². The summed E-state index contributed by atoms with van der Waals surface area (Å²) in [6, 6.07) is 9.55. The number of nitrogens with two attached hydrogens (primary N) is 1. The second-order valence-corrected chi connectivity index (χ2v) is 5.11. The zero-order valence-electron chi connectivity index (χ0n) is 11.6. The van der Waals surface area contributed by atoms with Crippen LogP contribution in [0.3, 0.4) is 0 Å². The van der Waals surface area contributed by atoms with E-state index < -0.39 is 0 Å². The molecule has 4 heteroatoms. The minimum atomic E-state index is -0.146. The average Bonchev–Trinajstić information content (AvgIpc) is 2.48. The van der Waals surface area contributed by atoms with Gasteiger partial charge in [-0.3, -0.25) is 4.98 Å². The molecule has 1 atom stereocenters. The Balaban J connectivity index is 2.09. The maximum absolute atomic E-state index is 6.24. The first-order valence-electron chi connectivity index (χ1n) is 6.77. The molecule has 0 saturated heterocycles. The van der Waals surface area contributed by atoms with Crippen LogP contribution in [0.4, 0.5) is 0 Å². The molecular weight excluding hydrogens is 272 g/mol. The van der Waals surface area contributed by atoms with Crippen LogP contribution in [0, 0.1) is 0 Å². The summed E-state index contributed by atoms with van der Waals surface area (Å²) in [6.45, 7) is 2.76. The molecule has 2 N–H and O–H groups in total. The van der Waals surface area contributed by atoms with Crippen molar-refractivity contribution in [1.29, 1.82) is 0 Å². The number of halogens is 1. The predicted octanol–water partition coefficient (Wildman–Crippen LogP) is 3.77. The van der Waals surface area contributed by atoms with Gasteiger partial charge in [-0.2, -0.15) is 0 Å². The van der Waals surface area contributed by atoms with E-state index in [-0.39, 0.29) is 6.04 Å². The SMILES string of the molecule is CCCOc1cncc(C(N)Cc2ccccc2Cl)c1. The third-order valence-corrected chi connectivity index (χ3v) is 3.40. The van der Waals surface area contributed by atoms with Crippen molar-refractivity contribution in [2.24, 2.45) is 5.73 Å². The largest absolute Gasteiger partial charge is 0.492 e. The van der Waals surface area contributed by atoms with E-state index in [9.17, 15) is 0 Å². The Morgan fingerprint density at radius 2 is 2.10 bits per heavy atom. The second-order valence-electron chi connectivity index (χ2n) is 4.70. The van der Waals surface area contributed by atoms with Crippen molar-refractivity contribution < 1.29 is 4.74 Å². The molecule has 0 bridgehead atoms. The van der Waals surface area contributed by atoms with Gasteiger partial charge in [0.15, 0.2) is 0 Å². The van der Waals surface area contributed by atoms with E-state index >= 15 is 0 Å². The van der Waals surface area contributed by atoms with Crippen LogP contribution >= 0.6 is 11.6 Å². The molecule has 1 unspecified atom stereocenters. The molecule has 0 aliphatic carbocycles. The van der Waals surface area contributed by atoms with Crippen molar-refractivity contribution in [3.63, 3.8) is 0 Å². The van der Waals surface area contributed by atoms with E-state index in [1.165, 1.54) is 0 Å². The smallest absolute Gasteiger partial charge is 0.137 e. The summed E-state index contributed by atoms with van der Waals surface area (Å²) in [7, 11) is 0. The highest BCUT2D eigenvalue weighted by Gasteiger charge is 2.10. The Morgan fingerprint density at radius 3 is 2.85 bits per heavy atom. The third-order valence-electron chi connectivity index (χ3n) is 3.03. The van der Waals surface area contributed by atoms with Gasteiger partial charge in [0.25, 0.3) is 0 Å². The number of pyridine rings is 1. The summed E-state index contributed by atoms with van der Waals surface area (Å²) < 4.78 is 5.58. The number of hydrogen-bond acceptors (Lipinski definition) is 3. The van der Waals surface area contributed by atoms with Crippen LogP contribution in [0.1, 0.15) is 30.5 Å². The van der Waals surface area contributed by atoms with Crippen molar-refractivity contribution >= 4 is 11.6 Å². The van der Waals surface area contributed by atoms with Gasteiger partial charge in [0.05, 0.1) is 12.8 Å². The van der Waals surface area contributed by atoms with Crippen LogP contribution in [-0.4, -0.2) is 11.6 Å². The number of rotatable bonds is 6. The van der Waals surface area contributed by atoms with Crippen LogP contribution in [0.2, 0.25) is 5.02 Å². The fraction of sp³-hybridized carbons (Fsp3) is 0.312. The van der Waals surface area contributed by atoms with Crippen LogP contribution in [0.5, 0.6) is 5.75 Å². The lowest BCUT2D eigenvalue weighted by Gasteiger charge is -2.14. The lowest BCUT2D eigenvalue weighted by molar-refractivity contribution is 0.315. The molecule has 0 amide bonds. The van der Waals surface area contributed by atoms with E-state index in [0.717, 1.165) is 28.3 Å². The molecule has 3 nitrogen and oxygen atoms in total. The molecular formula is C16H19ClN2O. The number of nitrogens with zero attached hydrogens (tertiary/aromatic N) is 1. The van der Waals surface area contributed by atoms with Gasteiger partial charge < -0.3 is 10.5 Å². The first-order chi connectivity index (χ1) is 9.70. The molecule has 0 saturated carbocycles. The molecule has 0 spiro atoms. The van der Waals surface area contributed by atoms with Gasteiger partial charge in [-0.1, -0.05) is 36.7 Å².